The minimum absolute atomic E-state index is 0.205. The predicted octanol–water partition coefficient (Wildman–Crippen LogP) is 8.19. The van der Waals surface area contributed by atoms with Crippen LogP contribution in [-0.2, 0) is 22.7 Å². The highest BCUT2D eigenvalue weighted by Gasteiger charge is 2.14. The summed E-state index contributed by atoms with van der Waals surface area (Å²) in [6.07, 6.45) is 0. The first-order chi connectivity index (χ1) is 21.6. The van der Waals surface area contributed by atoms with E-state index in [4.69, 9.17) is 19.4 Å². The molecule has 0 unspecified atom stereocenters. The van der Waals surface area contributed by atoms with Gasteiger partial charge in [-0.25, -0.2) is 19.6 Å². The fourth-order valence-corrected chi connectivity index (χ4v) is 4.63. The normalized spacial score (nSPS) is 10.6. The van der Waals surface area contributed by atoms with Gasteiger partial charge in [-0.1, -0.05) is 115 Å². The summed E-state index contributed by atoms with van der Waals surface area (Å²) in [4.78, 5) is 35.0. The summed E-state index contributed by atoms with van der Waals surface area (Å²) in [7, 11) is 0. The predicted molar refractivity (Wildman–Crippen MR) is 169 cm³/mol. The Balaban J connectivity index is 1.23. The molecular formula is C38H28N2O4. The summed E-state index contributed by atoms with van der Waals surface area (Å²) in [5.41, 5.74) is 6.73. The van der Waals surface area contributed by atoms with Crippen molar-refractivity contribution < 1.29 is 19.1 Å². The number of rotatable bonds is 9. The van der Waals surface area contributed by atoms with Crippen LogP contribution in [-0.4, -0.2) is 21.9 Å². The second-order valence-corrected chi connectivity index (χ2v) is 10.1. The van der Waals surface area contributed by atoms with E-state index in [1.165, 1.54) is 0 Å². The van der Waals surface area contributed by atoms with Crippen LogP contribution in [0.5, 0.6) is 0 Å². The number of nitrogens with zero attached hydrogens (tertiary/aromatic N) is 2. The number of aromatic nitrogens is 2. The lowest BCUT2D eigenvalue weighted by Gasteiger charge is -2.11. The van der Waals surface area contributed by atoms with E-state index in [-0.39, 0.29) is 13.2 Å². The van der Waals surface area contributed by atoms with Gasteiger partial charge < -0.3 is 9.47 Å². The number of benzene rings is 5. The molecule has 0 aliphatic heterocycles. The summed E-state index contributed by atoms with van der Waals surface area (Å²) >= 11 is 0. The van der Waals surface area contributed by atoms with E-state index in [0.29, 0.717) is 22.6 Å². The molecule has 6 nitrogen and oxygen atoms in total. The Kier molecular flexibility index (Phi) is 8.60. The molecule has 0 bridgehead atoms. The molecule has 44 heavy (non-hydrogen) atoms. The van der Waals surface area contributed by atoms with Crippen molar-refractivity contribution in [1.29, 1.82) is 0 Å². The fraction of sp³-hybridized carbons (Fsp3) is 0.0526. The molecule has 0 amide bonds. The smallest absolute Gasteiger partial charge is 0.338 e. The van der Waals surface area contributed by atoms with E-state index in [9.17, 15) is 9.59 Å². The highest BCUT2D eigenvalue weighted by Crippen LogP contribution is 2.28. The molecule has 0 fully saturated rings. The lowest BCUT2D eigenvalue weighted by atomic mass is 10.0. The van der Waals surface area contributed by atoms with E-state index in [2.05, 4.69) is 0 Å². The molecule has 6 heteroatoms. The second-order valence-electron chi connectivity index (χ2n) is 10.1. The number of carbonyl (C=O) groups excluding carboxylic acids is 2. The molecule has 0 saturated heterocycles. The van der Waals surface area contributed by atoms with Crippen molar-refractivity contribution in [3.8, 4) is 33.9 Å². The molecule has 0 aliphatic carbocycles. The lowest BCUT2D eigenvalue weighted by Crippen LogP contribution is -2.05. The van der Waals surface area contributed by atoms with Gasteiger partial charge in [0.25, 0.3) is 0 Å². The maximum absolute atomic E-state index is 12.7. The molecule has 6 rings (SSSR count). The van der Waals surface area contributed by atoms with E-state index in [1.54, 1.807) is 24.3 Å². The molecule has 0 N–H and O–H groups in total. The summed E-state index contributed by atoms with van der Waals surface area (Å²) < 4.78 is 11.0. The Morgan fingerprint density at radius 2 is 0.841 bits per heavy atom. The number of carbonyl (C=O) groups is 2. The maximum Gasteiger partial charge on any atom is 0.338 e. The van der Waals surface area contributed by atoms with Gasteiger partial charge in [0.15, 0.2) is 5.82 Å². The lowest BCUT2D eigenvalue weighted by molar-refractivity contribution is 0.0464. The van der Waals surface area contributed by atoms with E-state index < -0.39 is 11.9 Å². The third-order valence-electron chi connectivity index (χ3n) is 7.02. The first kappa shape index (κ1) is 28.2. The van der Waals surface area contributed by atoms with Crippen molar-refractivity contribution in [2.24, 2.45) is 0 Å². The van der Waals surface area contributed by atoms with Crippen LogP contribution in [0.15, 0.2) is 146 Å². The molecule has 1 aromatic heterocycles. The van der Waals surface area contributed by atoms with Gasteiger partial charge in [-0.2, -0.15) is 0 Å². The molecule has 5 aromatic carbocycles. The van der Waals surface area contributed by atoms with Crippen molar-refractivity contribution in [2.75, 3.05) is 0 Å². The standard InChI is InChI=1S/C38H28N2O4/c41-37(43-25-27-10-4-1-5-11-27)32-20-16-30(17-21-32)35-24-34(29-14-8-3-9-15-29)39-36(40-35)31-18-22-33(23-19-31)38(42)44-26-28-12-6-2-7-13-28/h1-24H,25-26H2. The third kappa shape index (κ3) is 6.94. The number of ether oxygens (including phenoxy) is 2. The van der Waals surface area contributed by atoms with Gasteiger partial charge in [-0.05, 0) is 41.5 Å². The minimum Gasteiger partial charge on any atom is -0.457 e. The Labute approximate surface area is 255 Å². The molecule has 0 aliphatic rings. The zero-order chi connectivity index (χ0) is 30.1. The SMILES string of the molecule is O=C(OCc1ccccc1)c1ccc(-c2cc(-c3ccccc3)nc(-c3ccc(C(=O)OCc4ccccc4)cc3)n2)cc1. The Bertz CT molecular complexity index is 1740. The number of hydrogen-bond donors (Lipinski definition) is 0. The highest BCUT2D eigenvalue weighted by molar-refractivity contribution is 5.90. The first-order valence-corrected chi connectivity index (χ1v) is 14.2. The van der Waals surface area contributed by atoms with Crippen LogP contribution in [0.4, 0.5) is 0 Å². The molecule has 0 atom stereocenters. The third-order valence-corrected chi connectivity index (χ3v) is 7.02. The van der Waals surface area contributed by atoms with Crippen molar-refractivity contribution >= 4 is 11.9 Å². The van der Waals surface area contributed by atoms with Crippen LogP contribution in [0.1, 0.15) is 31.8 Å². The largest absolute Gasteiger partial charge is 0.457 e. The van der Waals surface area contributed by atoms with Gasteiger partial charge in [-0.3, -0.25) is 0 Å². The van der Waals surface area contributed by atoms with Crippen LogP contribution in [0.2, 0.25) is 0 Å². The van der Waals surface area contributed by atoms with Crippen LogP contribution < -0.4 is 0 Å². The van der Waals surface area contributed by atoms with Gasteiger partial charge in [0.2, 0.25) is 0 Å². The van der Waals surface area contributed by atoms with E-state index >= 15 is 0 Å². The van der Waals surface area contributed by atoms with Gasteiger partial charge in [0, 0.05) is 16.7 Å². The average Bonchev–Trinajstić information content (AvgIpc) is 3.11. The van der Waals surface area contributed by atoms with E-state index in [0.717, 1.165) is 33.5 Å². The Morgan fingerprint density at radius 1 is 0.455 bits per heavy atom. The van der Waals surface area contributed by atoms with Gasteiger partial charge in [0.05, 0.1) is 22.5 Å². The Morgan fingerprint density at radius 3 is 1.30 bits per heavy atom. The Hall–Kier alpha value is -5.88. The molecule has 0 spiro atoms. The zero-order valence-corrected chi connectivity index (χ0v) is 23.8. The zero-order valence-electron chi connectivity index (χ0n) is 23.8. The van der Waals surface area contributed by atoms with Crippen molar-refractivity contribution in [2.45, 2.75) is 13.2 Å². The maximum atomic E-state index is 12.7. The molecule has 0 radical (unpaired) electrons. The van der Waals surface area contributed by atoms with Crippen LogP contribution >= 0.6 is 0 Å². The first-order valence-electron chi connectivity index (χ1n) is 14.2. The van der Waals surface area contributed by atoms with Crippen LogP contribution in [0, 0.1) is 0 Å². The van der Waals surface area contributed by atoms with Crippen molar-refractivity contribution in [3.63, 3.8) is 0 Å². The molecule has 0 saturated carbocycles. The van der Waals surface area contributed by atoms with Crippen LogP contribution in [0.3, 0.4) is 0 Å². The summed E-state index contributed by atoms with van der Waals surface area (Å²) in [6, 6.07) is 45.2. The molecule has 6 aromatic rings. The summed E-state index contributed by atoms with van der Waals surface area (Å²) in [6.45, 7) is 0.414. The topological polar surface area (TPSA) is 78.4 Å². The van der Waals surface area contributed by atoms with Gasteiger partial charge >= 0.3 is 11.9 Å². The minimum atomic E-state index is -0.401. The quantitative estimate of drug-likeness (QED) is 0.162. The van der Waals surface area contributed by atoms with E-state index in [1.807, 2.05) is 121 Å². The van der Waals surface area contributed by atoms with Gasteiger partial charge in [-0.15, -0.1) is 0 Å². The molecular weight excluding hydrogens is 548 g/mol. The van der Waals surface area contributed by atoms with Crippen molar-refractivity contribution in [3.05, 3.63) is 168 Å². The summed E-state index contributed by atoms with van der Waals surface area (Å²) in [5.74, 6) is -0.282. The fourth-order valence-electron chi connectivity index (χ4n) is 4.63. The number of hydrogen-bond acceptors (Lipinski definition) is 6. The van der Waals surface area contributed by atoms with Crippen molar-refractivity contribution in [1.82, 2.24) is 9.97 Å². The van der Waals surface area contributed by atoms with Gasteiger partial charge in [0.1, 0.15) is 13.2 Å². The number of esters is 2. The summed E-state index contributed by atoms with van der Waals surface area (Å²) in [5, 5.41) is 0. The highest BCUT2D eigenvalue weighted by atomic mass is 16.5. The molecule has 1 heterocycles. The van der Waals surface area contributed by atoms with Crippen LogP contribution in [0.25, 0.3) is 33.9 Å². The monoisotopic (exact) mass is 576 g/mol. The molecule has 214 valence electrons. The second kappa shape index (κ2) is 13.4. The average molecular weight is 577 g/mol.